The standard InChI is InChI=1S/C18H26BNO3/c1-11-8-12(2)16(13(3)9-11)14-10-15(21-20-14)19-22-17(4,5)18(6,7)23-19/h8-9,15H,10H2,1-7H3. The number of oxime groups is 1. The van der Waals surface area contributed by atoms with Crippen LogP contribution in [-0.2, 0) is 14.1 Å². The number of aryl methyl sites for hydroxylation is 3. The Morgan fingerprint density at radius 2 is 1.52 bits per heavy atom. The van der Waals surface area contributed by atoms with Gasteiger partial charge in [0.2, 0.25) is 0 Å². The molecular weight excluding hydrogens is 289 g/mol. The lowest BCUT2D eigenvalue weighted by molar-refractivity contribution is 0.00578. The van der Waals surface area contributed by atoms with Gasteiger partial charge < -0.3 is 14.1 Å². The zero-order valence-electron chi connectivity index (χ0n) is 15.2. The highest BCUT2D eigenvalue weighted by Gasteiger charge is 2.56. The lowest BCUT2D eigenvalue weighted by atomic mass is 9.77. The van der Waals surface area contributed by atoms with E-state index in [9.17, 15) is 0 Å². The molecule has 1 aromatic rings. The molecule has 4 nitrogen and oxygen atoms in total. The number of rotatable bonds is 2. The van der Waals surface area contributed by atoms with Crippen molar-refractivity contribution >= 4 is 12.8 Å². The quantitative estimate of drug-likeness (QED) is 0.781. The van der Waals surface area contributed by atoms with Gasteiger partial charge in [0.25, 0.3) is 0 Å². The van der Waals surface area contributed by atoms with Crippen molar-refractivity contribution in [3.05, 3.63) is 34.4 Å². The van der Waals surface area contributed by atoms with E-state index >= 15 is 0 Å². The molecule has 0 aliphatic carbocycles. The fourth-order valence-electron chi connectivity index (χ4n) is 3.37. The number of hydrogen-bond donors (Lipinski definition) is 0. The first kappa shape index (κ1) is 16.5. The van der Waals surface area contributed by atoms with E-state index in [0.717, 1.165) is 5.71 Å². The minimum Gasteiger partial charge on any atom is -0.401 e. The third-order valence-corrected chi connectivity index (χ3v) is 5.23. The van der Waals surface area contributed by atoms with Crippen molar-refractivity contribution in [3.63, 3.8) is 0 Å². The molecule has 2 heterocycles. The minimum atomic E-state index is -0.382. The van der Waals surface area contributed by atoms with Crippen LogP contribution in [0.4, 0.5) is 0 Å². The molecule has 2 aliphatic rings. The molecular formula is C18H26BNO3. The average molecular weight is 315 g/mol. The molecule has 1 saturated heterocycles. The SMILES string of the molecule is Cc1cc(C)c(C2=NOC(B3OC(C)(C)C(C)(C)O3)C2)c(C)c1. The van der Waals surface area contributed by atoms with Gasteiger partial charge in [-0.15, -0.1) is 0 Å². The van der Waals surface area contributed by atoms with Gasteiger partial charge in [-0.25, -0.2) is 0 Å². The molecule has 2 aliphatic heterocycles. The first-order chi connectivity index (χ1) is 10.6. The van der Waals surface area contributed by atoms with Crippen LogP contribution >= 0.6 is 0 Å². The molecule has 0 spiro atoms. The zero-order chi connectivity index (χ0) is 17.0. The zero-order valence-corrected chi connectivity index (χ0v) is 15.2. The smallest absolute Gasteiger partial charge is 0.401 e. The van der Waals surface area contributed by atoms with Crippen molar-refractivity contribution in [2.24, 2.45) is 5.16 Å². The van der Waals surface area contributed by atoms with Gasteiger partial charge in [-0.05, 0) is 59.6 Å². The van der Waals surface area contributed by atoms with Gasteiger partial charge in [0.15, 0.2) is 6.00 Å². The summed E-state index contributed by atoms with van der Waals surface area (Å²) in [6.07, 6.45) is 0.710. The molecule has 1 aromatic carbocycles. The second-order valence-electron chi connectivity index (χ2n) is 7.78. The third kappa shape index (κ3) is 2.81. The Balaban J connectivity index is 1.78. The van der Waals surface area contributed by atoms with Crippen LogP contribution in [0.2, 0.25) is 0 Å². The molecule has 0 amide bonds. The van der Waals surface area contributed by atoms with Gasteiger partial charge in [0.05, 0.1) is 16.9 Å². The molecule has 0 radical (unpaired) electrons. The van der Waals surface area contributed by atoms with Crippen molar-refractivity contribution in [3.8, 4) is 0 Å². The molecule has 124 valence electrons. The number of benzene rings is 1. The van der Waals surface area contributed by atoms with E-state index in [2.05, 4.69) is 65.8 Å². The summed E-state index contributed by atoms with van der Waals surface area (Å²) in [5.41, 5.74) is 5.22. The van der Waals surface area contributed by atoms with Crippen LogP contribution in [0.3, 0.4) is 0 Å². The highest BCUT2D eigenvalue weighted by molar-refractivity contribution is 6.48. The lowest BCUT2D eigenvalue weighted by Gasteiger charge is -2.32. The topological polar surface area (TPSA) is 40.0 Å². The molecule has 0 saturated carbocycles. The number of nitrogens with zero attached hydrogens (tertiary/aromatic N) is 1. The Hall–Kier alpha value is -1.33. The lowest BCUT2D eigenvalue weighted by Crippen LogP contribution is -2.41. The summed E-state index contributed by atoms with van der Waals surface area (Å²) in [5.74, 6) is 0. The Bertz CT molecular complexity index is 627. The van der Waals surface area contributed by atoms with Gasteiger partial charge >= 0.3 is 7.12 Å². The third-order valence-electron chi connectivity index (χ3n) is 5.23. The largest absolute Gasteiger partial charge is 0.505 e. The summed E-state index contributed by atoms with van der Waals surface area (Å²) >= 11 is 0. The van der Waals surface area contributed by atoms with Crippen molar-refractivity contribution < 1.29 is 14.1 Å². The van der Waals surface area contributed by atoms with Crippen molar-refractivity contribution in [2.45, 2.75) is 72.1 Å². The summed E-state index contributed by atoms with van der Waals surface area (Å²) in [7, 11) is -0.382. The second-order valence-corrected chi connectivity index (χ2v) is 7.78. The molecule has 1 fully saturated rings. The Morgan fingerprint density at radius 3 is 2.04 bits per heavy atom. The molecule has 0 bridgehead atoms. The fraction of sp³-hybridized carbons (Fsp3) is 0.611. The maximum atomic E-state index is 6.09. The van der Waals surface area contributed by atoms with E-state index in [1.807, 2.05) is 0 Å². The van der Waals surface area contributed by atoms with E-state index in [-0.39, 0.29) is 24.3 Å². The summed E-state index contributed by atoms with van der Waals surface area (Å²) in [5, 5.41) is 4.34. The van der Waals surface area contributed by atoms with Crippen LogP contribution in [-0.4, -0.2) is 30.0 Å². The molecule has 23 heavy (non-hydrogen) atoms. The van der Waals surface area contributed by atoms with E-state index in [0.29, 0.717) is 6.42 Å². The average Bonchev–Trinajstić information content (AvgIpc) is 2.92. The predicted molar refractivity (Wildman–Crippen MR) is 92.8 cm³/mol. The minimum absolute atomic E-state index is 0.189. The Morgan fingerprint density at radius 1 is 1.00 bits per heavy atom. The highest BCUT2D eigenvalue weighted by Crippen LogP contribution is 2.39. The summed E-state index contributed by atoms with van der Waals surface area (Å²) < 4.78 is 12.2. The maximum absolute atomic E-state index is 6.09. The maximum Gasteiger partial charge on any atom is 0.505 e. The van der Waals surface area contributed by atoms with Crippen molar-refractivity contribution in [1.82, 2.24) is 0 Å². The van der Waals surface area contributed by atoms with E-state index in [1.165, 1.54) is 22.3 Å². The van der Waals surface area contributed by atoms with Gasteiger partial charge in [-0.1, -0.05) is 22.9 Å². The molecule has 5 heteroatoms. The second kappa shape index (κ2) is 5.35. The molecule has 3 rings (SSSR count). The Kier molecular flexibility index (Phi) is 3.85. The van der Waals surface area contributed by atoms with Crippen molar-refractivity contribution in [2.75, 3.05) is 0 Å². The predicted octanol–water partition coefficient (Wildman–Crippen LogP) is 3.74. The van der Waals surface area contributed by atoms with Crippen LogP contribution in [0.25, 0.3) is 0 Å². The Labute approximate surface area is 139 Å². The normalized spacial score (nSPS) is 25.4. The van der Waals surface area contributed by atoms with Crippen LogP contribution in [0.5, 0.6) is 0 Å². The number of hydrogen-bond acceptors (Lipinski definition) is 4. The summed E-state index contributed by atoms with van der Waals surface area (Å²) in [6, 6.07) is 4.19. The van der Waals surface area contributed by atoms with Gasteiger partial charge in [-0.2, -0.15) is 0 Å². The van der Waals surface area contributed by atoms with Crippen LogP contribution < -0.4 is 0 Å². The van der Waals surface area contributed by atoms with Gasteiger partial charge in [-0.3, -0.25) is 0 Å². The van der Waals surface area contributed by atoms with E-state index < -0.39 is 0 Å². The van der Waals surface area contributed by atoms with E-state index in [1.54, 1.807) is 0 Å². The molecule has 0 N–H and O–H groups in total. The molecule has 1 atom stereocenters. The fourth-order valence-corrected chi connectivity index (χ4v) is 3.37. The molecule has 0 aromatic heterocycles. The monoisotopic (exact) mass is 315 g/mol. The van der Waals surface area contributed by atoms with Crippen LogP contribution in [0.1, 0.15) is 56.4 Å². The molecule has 1 unspecified atom stereocenters. The van der Waals surface area contributed by atoms with Crippen LogP contribution in [0, 0.1) is 20.8 Å². The highest BCUT2D eigenvalue weighted by atomic mass is 16.7. The van der Waals surface area contributed by atoms with Crippen molar-refractivity contribution in [1.29, 1.82) is 0 Å². The van der Waals surface area contributed by atoms with Gasteiger partial charge in [0, 0.05) is 12.0 Å². The van der Waals surface area contributed by atoms with Gasteiger partial charge in [0.1, 0.15) is 0 Å². The summed E-state index contributed by atoms with van der Waals surface area (Å²) in [6.45, 7) is 14.6. The first-order valence-corrected chi connectivity index (χ1v) is 8.27. The van der Waals surface area contributed by atoms with Crippen LogP contribution in [0.15, 0.2) is 17.3 Å². The summed E-state index contributed by atoms with van der Waals surface area (Å²) in [4.78, 5) is 5.67. The van der Waals surface area contributed by atoms with E-state index in [4.69, 9.17) is 14.1 Å². The first-order valence-electron chi connectivity index (χ1n) is 8.27.